The molecule has 3 aromatic heterocycles. The van der Waals surface area contributed by atoms with Crippen molar-refractivity contribution < 1.29 is 0 Å². The number of aromatic nitrogens is 6. The number of rotatable bonds is 4. The number of nitrogens with zero attached hydrogens (tertiary/aromatic N) is 7. The molecule has 0 saturated carbocycles. The molecule has 0 atom stereocenters. The number of hydrogen-bond acceptors (Lipinski definition) is 7. The van der Waals surface area contributed by atoms with Gasteiger partial charge in [-0.1, -0.05) is 20.8 Å². The van der Waals surface area contributed by atoms with Crippen LogP contribution in [0.2, 0.25) is 0 Å². The third kappa shape index (κ3) is 3.18. The van der Waals surface area contributed by atoms with Crippen LogP contribution in [0.1, 0.15) is 32.3 Å². The first-order valence-corrected chi connectivity index (χ1v) is 8.92. The zero-order valence-electron chi connectivity index (χ0n) is 15.6. The summed E-state index contributed by atoms with van der Waals surface area (Å²) in [4.78, 5) is 2.26. The summed E-state index contributed by atoms with van der Waals surface area (Å²) in [5.74, 6) is 3.17. The molecule has 0 aromatic carbocycles. The molecule has 0 bridgehead atoms. The minimum atomic E-state index is 0.0250. The van der Waals surface area contributed by atoms with Crippen LogP contribution in [0.25, 0.3) is 5.65 Å². The molecule has 0 unspecified atom stereocenters. The zero-order valence-corrected chi connectivity index (χ0v) is 15.6. The fraction of sp³-hybridized carbons (Fsp3) is 0.500. The van der Waals surface area contributed by atoms with Crippen LogP contribution in [0.15, 0.2) is 24.3 Å². The summed E-state index contributed by atoms with van der Waals surface area (Å²) in [7, 11) is 0. The summed E-state index contributed by atoms with van der Waals surface area (Å²) in [6.45, 7) is 11.2. The molecule has 4 heterocycles. The van der Waals surface area contributed by atoms with Gasteiger partial charge in [-0.3, -0.25) is 0 Å². The fourth-order valence-electron chi connectivity index (χ4n) is 3.02. The second kappa shape index (κ2) is 6.19. The van der Waals surface area contributed by atoms with Crippen molar-refractivity contribution in [2.24, 2.45) is 5.92 Å². The Bertz CT molecular complexity index is 903. The second-order valence-corrected chi connectivity index (χ2v) is 7.91. The SMILES string of the molecule is Cc1nnc2ccc(N3CC(CNc4ccc(C(C)(C)C)nn4)C3)nn12. The van der Waals surface area contributed by atoms with E-state index < -0.39 is 0 Å². The molecular weight excluding hydrogens is 328 g/mol. The quantitative estimate of drug-likeness (QED) is 0.769. The van der Waals surface area contributed by atoms with Crippen LogP contribution in [0.5, 0.6) is 0 Å². The zero-order chi connectivity index (χ0) is 18.3. The standard InChI is InChI=1S/C18H24N8/c1-12-20-23-16-7-8-17(24-26(12)16)25-10-13(11-25)9-19-15-6-5-14(21-22-15)18(2,3)4/h5-8,13H,9-11H2,1-4H3,(H,19,22). The van der Waals surface area contributed by atoms with Crippen molar-refractivity contribution in [2.75, 3.05) is 29.9 Å². The van der Waals surface area contributed by atoms with Gasteiger partial charge in [0.1, 0.15) is 11.6 Å². The molecule has 1 fully saturated rings. The maximum absolute atomic E-state index is 4.62. The largest absolute Gasteiger partial charge is 0.368 e. The Balaban J connectivity index is 1.31. The Morgan fingerprint density at radius 1 is 1.04 bits per heavy atom. The third-order valence-electron chi connectivity index (χ3n) is 4.69. The van der Waals surface area contributed by atoms with Crippen molar-refractivity contribution >= 4 is 17.3 Å². The smallest absolute Gasteiger partial charge is 0.178 e. The van der Waals surface area contributed by atoms with E-state index >= 15 is 0 Å². The Morgan fingerprint density at radius 2 is 1.85 bits per heavy atom. The van der Waals surface area contributed by atoms with E-state index in [1.807, 2.05) is 31.2 Å². The highest BCUT2D eigenvalue weighted by molar-refractivity contribution is 5.47. The lowest BCUT2D eigenvalue weighted by molar-refractivity contribution is 0.424. The monoisotopic (exact) mass is 352 g/mol. The Morgan fingerprint density at radius 3 is 2.54 bits per heavy atom. The molecular formula is C18H24N8. The van der Waals surface area contributed by atoms with Gasteiger partial charge in [0.2, 0.25) is 0 Å². The molecule has 0 spiro atoms. The molecule has 3 aromatic rings. The molecule has 1 aliphatic rings. The molecule has 136 valence electrons. The average Bonchev–Trinajstić information content (AvgIpc) is 2.94. The Hall–Kier alpha value is -2.77. The van der Waals surface area contributed by atoms with E-state index in [1.54, 1.807) is 4.52 Å². The Kier molecular flexibility index (Phi) is 3.97. The van der Waals surface area contributed by atoms with Gasteiger partial charge >= 0.3 is 0 Å². The van der Waals surface area contributed by atoms with Gasteiger partial charge in [0.15, 0.2) is 11.5 Å². The van der Waals surface area contributed by atoms with Gasteiger partial charge in [-0.25, -0.2) is 0 Å². The average molecular weight is 352 g/mol. The second-order valence-electron chi connectivity index (χ2n) is 7.91. The van der Waals surface area contributed by atoms with Gasteiger partial charge in [0.25, 0.3) is 0 Å². The number of anilines is 2. The van der Waals surface area contributed by atoms with Crippen LogP contribution in [0.4, 0.5) is 11.6 Å². The predicted octanol–water partition coefficient (Wildman–Crippen LogP) is 2.07. The lowest BCUT2D eigenvalue weighted by atomic mass is 9.92. The van der Waals surface area contributed by atoms with Crippen LogP contribution in [-0.4, -0.2) is 49.6 Å². The Labute approximate surface area is 152 Å². The first-order chi connectivity index (χ1) is 12.4. The number of fused-ring (bicyclic) bond motifs is 1. The number of hydrogen-bond donors (Lipinski definition) is 1. The van der Waals surface area contributed by atoms with Crippen LogP contribution < -0.4 is 10.2 Å². The van der Waals surface area contributed by atoms with E-state index in [0.717, 1.165) is 48.4 Å². The minimum Gasteiger partial charge on any atom is -0.368 e. The van der Waals surface area contributed by atoms with Gasteiger partial charge < -0.3 is 10.2 Å². The van der Waals surface area contributed by atoms with E-state index in [0.29, 0.717) is 5.92 Å². The van der Waals surface area contributed by atoms with Crippen molar-refractivity contribution in [3.63, 3.8) is 0 Å². The molecule has 1 N–H and O–H groups in total. The van der Waals surface area contributed by atoms with Crippen molar-refractivity contribution in [1.29, 1.82) is 0 Å². The van der Waals surface area contributed by atoms with Gasteiger partial charge in [0.05, 0.1) is 5.69 Å². The number of aryl methyl sites for hydroxylation is 1. The van der Waals surface area contributed by atoms with Gasteiger partial charge in [-0.15, -0.1) is 20.4 Å². The maximum Gasteiger partial charge on any atom is 0.178 e. The van der Waals surface area contributed by atoms with Crippen LogP contribution in [-0.2, 0) is 5.41 Å². The summed E-state index contributed by atoms with van der Waals surface area (Å²) in [5.41, 5.74) is 1.81. The summed E-state index contributed by atoms with van der Waals surface area (Å²) in [6, 6.07) is 8.02. The van der Waals surface area contributed by atoms with E-state index in [1.165, 1.54) is 0 Å². The highest BCUT2D eigenvalue weighted by Gasteiger charge is 2.28. The molecule has 26 heavy (non-hydrogen) atoms. The molecule has 0 aliphatic carbocycles. The third-order valence-corrected chi connectivity index (χ3v) is 4.69. The lowest BCUT2D eigenvalue weighted by Gasteiger charge is -2.40. The van der Waals surface area contributed by atoms with Crippen LogP contribution >= 0.6 is 0 Å². The van der Waals surface area contributed by atoms with Crippen LogP contribution in [0.3, 0.4) is 0 Å². The maximum atomic E-state index is 4.62. The lowest BCUT2D eigenvalue weighted by Crippen LogP contribution is -2.50. The topological polar surface area (TPSA) is 84.1 Å². The summed E-state index contributed by atoms with van der Waals surface area (Å²) in [6.07, 6.45) is 0. The normalized spacial score (nSPS) is 15.3. The van der Waals surface area contributed by atoms with Crippen molar-refractivity contribution in [3.8, 4) is 0 Å². The molecule has 0 radical (unpaired) electrons. The highest BCUT2D eigenvalue weighted by Crippen LogP contribution is 2.24. The summed E-state index contributed by atoms with van der Waals surface area (Å²) >= 11 is 0. The van der Waals surface area contributed by atoms with Crippen molar-refractivity contribution in [1.82, 2.24) is 30.0 Å². The minimum absolute atomic E-state index is 0.0250. The predicted molar refractivity (Wildman–Crippen MR) is 100 cm³/mol. The molecule has 8 heteroatoms. The highest BCUT2D eigenvalue weighted by atomic mass is 15.4. The number of nitrogens with one attached hydrogen (secondary N) is 1. The molecule has 0 amide bonds. The van der Waals surface area contributed by atoms with Crippen LogP contribution in [0, 0.1) is 12.8 Å². The van der Waals surface area contributed by atoms with Gasteiger partial charge in [0, 0.05) is 31.0 Å². The van der Waals surface area contributed by atoms with E-state index in [-0.39, 0.29) is 5.41 Å². The van der Waals surface area contributed by atoms with Gasteiger partial charge in [-0.05, 0) is 31.2 Å². The molecule has 8 nitrogen and oxygen atoms in total. The fourth-order valence-corrected chi connectivity index (χ4v) is 3.02. The van der Waals surface area contributed by atoms with E-state index in [9.17, 15) is 0 Å². The van der Waals surface area contributed by atoms with E-state index in [4.69, 9.17) is 0 Å². The van der Waals surface area contributed by atoms with E-state index in [2.05, 4.69) is 56.5 Å². The molecule has 4 rings (SSSR count). The summed E-state index contributed by atoms with van der Waals surface area (Å²) in [5, 5.41) is 24.7. The molecule has 1 aliphatic heterocycles. The first-order valence-electron chi connectivity index (χ1n) is 8.92. The summed E-state index contributed by atoms with van der Waals surface area (Å²) < 4.78 is 1.78. The first kappa shape index (κ1) is 16.7. The van der Waals surface area contributed by atoms with Crippen molar-refractivity contribution in [3.05, 3.63) is 35.8 Å². The molecule has 1 saturated heterocycles. The van der Waals surface area contributed by atoms with Gasteiger partial charge in [-0.2, -0.15) is 9.61 Å². The van der Waals surface area contributed by atoms with Crippen molar-refractivity contribution in [2.45, 2.75) is 33.1 Å².